The summed E-state index contributed by atoms with van der Waals surface area (Å²) in [6, 6.07) is 18.8. The van der Waals surface area contributed by atoms with Crippen molar-refractivity contribution in [2.45, 2.75) is 32.0 Å². The first kappa shape index (κ1) is 24.5. The Morgan fingerprint density at radius 3 is 2.47 bits per heavy atom. The fraction of sp³-hybridized carbons (Fsp3) is 0.333. The molecule has 0 aliphatic carbocycles. The van der Waals surface area contributed by atoms with Crippen LogP contribution < -0.4 is 10.6 Å². The normalized spacial score (nSPS) is 15.2. The van der Waals surface area contributed by atoms with E-state index in [2.05, 4.69) is 56.0 Å². The quantitative estimate of drug-likeness (QED) is 0.264. The zero-order valence-corrected chi connectivity index (χ0v) is 21.3. The number of guanidine groups is 1. The van der Waals surface area contributed by atoms with Gasteiger partial charge in [0.2, 0.25) is 0 Å². The van der Waals surface area contributed by atoms with Crippen molar-refractivity contribution in [2.75, 3.05) is 20.1 Å². The van der Waals surface area contributed by atoms with Gasteiger partial charge in [-0.05, 0) is 42.7 Å². The number of halogens is 2. The van der Waals surface area contributed by atoms with Crippen molar-refractivity contribution in [3.63, 3.8) is 0 Å². The number of rotatable bonds is 6. The van der Waals surface area contributed by atoms with Crippen LogP contribution in [-0.4, -0.2) is 46.8 Å². The summed E-state index contributed by atoms with van der Waals surface area (Å²) in [7, 11) is 1.82. The van der Waals surface area contributed by atoms with Gasteiger partial charge in [0, 0.05) is 56.1 Å². The average Bonchev–Trinajstić information content (AvgIpc) is 3.28. The van der Waals surface area contributed by atoms with Gasteiger partial charge in [0.05, 0.1) is 11.9 Å². The predicted octanol–water partition coefficient (Wildman–Crippen LogP) is 4.47. The Morgan fingerprint density at radius 1 is 1.06 bits per heavy atom. The van der Waals surface area contributed by atoms with Crippen LogP contribution in [0, 0.1) is 0 Å². The van der Waals surface area contributed by atoms with Gasteiger partial charge in [0.1, 0.15) is 0 Å². The van der Waals surface area contributed by atoms with Gasteiger partial charge in [-0.15, -0.1) is 24.0 Å². The lowest BCUT2D eigenvalue weighted by Gasteiger charge is -2.33. The molecule has 1 aromatic heterocycles. The van der Waals surface area contributed by atoms with Crippen molar-refractivity contribution in [3.05, 3.63) is 83.1 Å². The molecule has 0 unspecified atom stereocenters. The van der Waals surface area contributed by atoms with Gasteiger partial charge in [0.15, 0.2) is 5.96 Å². The first-order valence-corrected chi connectivity index (χ1v) is 11.1. The molecular weight excluding hydrogens is 535 g/mol. The van der Waals surface area contributed by atoms with E-state index in [1.165, 1.54) is 5.56 Å². The molecule has 0 amide bonds. The van der Waals surface area contributed by atoms with Crippen molar-refractivity contribution >= 4 is 41.5 Å². The number of benzene rings is 2. The van der Waals surface area contributed by atoms with Crippen molar-refractivity contribution in [1.29, 1.82) is 0 Å². The Kier molecular flexibility index (Phi) is 9.37. The molecule has 1 saturated heterocycles. The lowest BCUT2D eigenvalue weighted by molar-refractivity contribution is 0.198. The van der Waals surface area contributed by atoms with Gasteiger partial charge in [-0.2, -0.15) is 5.10 Å². The zero-order chi connectivity index (χ0) is 21.5. The topological polar surface area (TPSA) is 57.5 Å². The predicted molar refractivity (Wildman–Crippen MR) is 142 cm³/mol. The zero-order valence-electron chi connectivity index (χ0n) is 18.2. The van der Waals surface area contributed by atoms with Crippen molar-refractivity contribution < 1.29 is 0 Å². The molecule has 1 aliphatic heterocycles. The second kappa shape index (κ2) is 12.2. The summed E-state index contributed by atoms with van der Waals surface area (Å²) in [5.41, 5.74) is 3.46. The largest absolute Gasteiger partial charge is 0.354 e. The fourth-order valence-corrected chi connectivity index (χ4v) is 3.96. The van der Waals surface area contributed by atoms with E-state index in [1.54, 1.807) is 0 Å². The van der Waals surface area contributed by atoms with E-state index >= 15 is 0 Å². The highest BCUT2D eigenvalue weighted by molar-refractivity contribution is 14.0. The Balaban J connectivity index is 0.00000289. The molecule has 2 heterocycles. The van der Waals surface area contributed by atoms with E-state index < -0.39 is 0 Å². The van der Waals surface area contributed by atoms with Crippen LogP contribution in [0.2, 0.25) is 5.02 Å². The highest BCUT2D eigenvalue weighted by atomic mass is 127. The standard InChI is InChI=1S/C24H29ClN6.HI/c1-26-24(27-15-20-16-28-31(18-20)23-9-7-21(25)8-10-23)29-22-11-13-30(14-12-22)17-19-5-3-2-4-6-19;/h2-10,16,18,22H,11-15,17H2,1H3,(H2,26,27,29);1H. The van der Waals surface area contributed by atoms with Crippen molar-refractivity contribution in [3.8, 4) is 5.69 Å². The smallest absolute Gasteiger partial charge is 0.191 e. The molecular formula is C24H30ClIN6. The summed E-state index contributed by atoms with van der Waals surface area (Å²) in [6.07, 6.45) is 6.12. The molecule has 0 bridgehead atoms. The van der Waals surface area contributed by atoms with Crippen LogP contribution in [0.1, 0.15) is 24.0 Å². The molecule has 2 aromatic carbocycles. The number of piperidine rings is 1. The minimum Gasteiger partial charge on any atom is -0.354 e. The third-order valence-electron chi connectivity index (χ3n) is 5.59. The minimum atomic E-state index is 0. The van der Waals surface area contributed by atoms with Crippen LogP contribution in [0.4, 0.5) is 0 Å². The Bertz CT molecular complexity index is 981. The molecule has 6 nitrogen and oxygen atoms in total. The third kappa shape index (κ3) is 6.95. The van der Waals surface area contributed by atoms with Gasteiger partial charge in [-0.3, -0.25) is 9.89 Å². The number of aliphatic imine (C=N–C) groups is 1. The fourth-order valence-electron chi connectivity index (χ4n) is 3.84. The Labute approximate surface area is 212 Å². The molecule has 0 saturated carbocycles. The molecule has 2 N–H and O–H groups in total. The SMILES string of the molecule is CN=C(NCc1cnn(-c2ccc(Cl)cc2)c1)NC1CCN(Cc2ccccc2)CC1.I. The number of aromatic nitrogens is 2. The second-order valence-electron chi connectivity index (χ2n) is 7.88. The minimum absolute atomic E-state index is 0. The molecule has 170 valence electrons. The molecule has 8 heteroatoms. The number of hydrogen-bond acceptors (Lipinski definition) is 3. The van der Waals surface area contributed by atoms with E-state index in [0.29, 0.717) is 12.6 Å². The van der Waals surface area contributed by atoms with Crippen LogP contribution in [-0.2, 0) is 13.1 Å². The van der Waals surface area contributed by atoms with Gasteiger partial charge in [0.25, 0.3) is 0 Å². The van der Waals surface area contributed by atoms with Crippen LogP contribution in [0.25, 0.3) is 5.69 Å². The number of likely N-dealkylation sites (tertiary alicyclic amines) is 1. The number of nitrogens with zero attached hydrogens (tertiary/aromatic N) is 4. The van der Waals surface area contributed by atoms with Crippen LogP contribution in [0.5, 0.6) is 0 Å². The van der Waals surface area contributed by atoms with Crippen LogP contribution >= 0.6 is 35.6 Å². The van der Waals surface area contributed by atoms with E-state index in [-0.39, 0.29) is 24.0 Å². The Morgan fingerprint density at radius 2 is 1.78 bits per heavy atom. The lowest BCUT2D eigenvalue weighted by Crippen LogP contribution is -2.48. The monoisotopic (exact) mass is 564 g/mol. The van der Waals surface area contributed by atoms with Crippen LogP contribution in [0.3, 0.4) is 0 Å². The third-order valence-corrected chi connectivity index (χ3v) is 5.84. The molecule has 0 atom stereocenters. The molecule has 1 fully saturated rings. The van der Waals surface area contributed by atoms with E-state index in [4.69, 9.17) is 11.6 Å². The molecule has 4 rings (SSSR count). The maximum atomic E-state index is 5.97. The average molecular weight is 565 g/mol. The summed E-state index contributed by atoms with van der Waals surface area (Å²) in [6.45, 7) is 3.88. The molecule has 3 aromatic rings. The highest BCUT2D eigenvalue weighted by Gasteiger charge is 2.20. The van der Waals surface area contributed by atoms with E-state index in [9.17, 15) is 0 Å². The molecule has 0 radical (unpaired) electrons. The van der Waals surface area contributed by atoms with Crippen molar-refractivity contribution in [1.82, 2.24) is 25.3 Å². The molecule has 0 spiro atoms. The Hall–Kier alpha value is -2.10. The number of nitrogens with one attached hydrogen (secondary N) is 2. The maximum absolute atomic E-state index is 5.97. The summed E-state index contributed by atoms with van der Waals surface area (Å²) < 4.78 is 1.85. The summed E-state index contributed by atoms with van der Waals surface area (Å²) in [4.78, 5) is 6.92. The molecule has 32 heavy (non-hydrogen) atoms. The van der Waals surface area contributed by atoms with Gasteiger partial charge < -0.3 is 10.6 Å². The second-order valence-corrected chi connectivity index (χ2v) is 8.31. The molecule has 1 aliphatic rings. The van der Waals surface area contributed by atoms with Gasteiger partial charge >= 0.3 is 0 Å². The lowest BCUT2D eigenvalue weighted by atomic mass is 10.0. The van der Waals surface area contributed by atoms with Gasteiger partial charge in [-0.25, -0.2) is 4.68 Å². The highest BCUT2D eigenvalue weighted by Crippen LogP contribution is 2.15. The first-order chi connectivity index (χ1) is 15.2. The van der Waals surface area contributed by atoms with Crippen molar-refractivity contribution in [2.24, 2.45) is 4.99 Å². The maximum Gasteiger partial charge on any atom is 0.191 e. The van der Waals surface area contributed by atoms with Gasteiger partial charge in [-0.1, -0.05) is 41.9 Å². The number of hydrogen-bond donors (Lipinski definition) is 2. The summed E-state index contributed by atoms with van der Waals surface area (Å²) >= 11 is 5.97. The van der Waals surface area contributed by atoms with Crippen LogP contribution in [0.15, 0.2) is 72.0 Å². The summed E-state index contributed by atoms with van der Waals surface area (Å²) in [5, 5.41) is 12.2. The summed E-state index contributed by atoms with van der Waals surface area (Å²) in [5.74, 6) is 0.834. The van der Waals surface area contributed by atoms with E-state index in [1.807, 2.05) is 48.4 Å². The van der Waals surface area contributed by atoms with E-state index in [0.717, 1.165) is 54.7 Å². The first-order valence-electron chi connectivity index (χ1n) is 10.7.